The average Bonchev–Trinajstić information content (AvgIpc) is 2.48. The summed E-state index contributed by atoms with van der Waals surface area (Å²) in [4.78, 5) is 16.8. The van der Waals surface area contributed by atoms with Gasteiger partial charge in [-0.15, -0.1) is 0 Å². The van der Waals surface area contributed by atoms with Crippen molar-refractivity contribution in [2.75, 3.05) is 46.3 Å². The summed E-state index contributed by atoms with van der Waals surface area (Å²) >= 11 is 0. The third-order valence-electron chi connectivity index (χ3n) is 4.29. The smallest absolute Gasteiger partial charge is 0.236 e. The molecule has 0 bridgehead atoms. The van der Waals surface area contributed by atoms with Crippen molar-refractivity contribution in [1.29, 1.82) is 0 Å². The van der Waals surface area contributed by atoms with Crippen molar-refractivity contribution in [2.24, 2.45) is 5.92 Å². The Labute approximate surface area is 131 Å². The molecule has 0 radical (unpaired) electrons. The predicted molar refractivity (Wildman–Crippen MR) is 89.5 cm³/mol. The van der Waals surface area contributed by atoms with Crippen LogP contribution in [0.2, 0.25) is 0 Å². The lowest BCUT2D eigenvalue weighted by Crippen LogP contribution is -2.43. The Kier molecular flexibility index (Phi) is 9.68. The van der Waals surface area contributed by atoms with Crippen LogP contribution >= 0.6 is 0 Å². The molecule has 0 spiro atoms. The van der Waals surface area contributed by atoms with Gasteiger partial charge in [0.25, 0.3) is 0 Å². The SMILES string of the molecule is CCCCN(CCCC)C(=O)CN(C)CC1CCCNC1. The van der Waals surface area contributed by atoms with E-state index in [9.17, 15) is 4.79 Å². The number of carbonyl (C=O) groups is 1. The van der Waals surface area contributed by atoms with Crippen molar-refractivity contribution in [3.63, 3.8) is 0 Å². The van der Waals surface area contributed by atoms with Crippen LogP contribution in [0.4, 0.5) is 0 Å². The molecule has 4 nitrogen and oxygen atoms in total. The molecule has 21 heavy (non-hydrogen) atoms. The average molecular weight is 297 g/mol. The van der Waals surface area contributed by atoms with E-state index in [4.69, 9.17) is 0 Å². The van der Waals surface area contributed by atoms with Crippen LogP contribution in [0.3, 0.4) is 0 Å². The summed E-state index contributed by atoms with van der Waals surface area (Å²) in [7, 11) is 2.09. The van der Waals surface area contributed by atoms with Crippen molar-refractivity contribution in [1.82, 2.24) is 15.1 Å². The summed E-state index contributed by atoms with van der Waals surface area (Å²) in [5.74, 6) is 1.01. The zero-order valence-electron chi connectivity index (χ0n) is 14.4. The Balaban J connectivity index is 2.34. The fourth-order valence-corrected chi connectivity index (χ4v) is 2.98. The highest BCUT2D eigenvalue weighted by Gasteiger charge is 2.19. The summed E-state index contributed by atoms with van der Waals surface area (Å²) in [5, 5.41) is 3.45. The second-order valence-corrected chi connectivity index (χ2v) is 6.50. The molecule has 124 valence electrons. The van der Waals surface area contributed by atoms with Crippen LogP contribution in [-0.2, 0) is 4.79 Å². The van der Waals surface area contributed by atoms with Gasteiger partial charge >= 0.3 is 0 Å². The molecule has 0 aromatic heterocycles. The van der Waals surface area contributed by atoms with Gasteiger partial charge in [0.1, 0.15) is 0 Å². The van der Waals surface area contributed by atoms with Crippen LogP contribution in [-0.4, -0.2) is 62.0 Å². The normalized spacial score (nSPS) is 19.0. The van der Waals surface area contributed by atoms with Gasteiger partial charge in [0, 0.05) is 19.6 Å². The van der Waals surface area contributed by atoms with E-state index in [0.717, 1.165) is 58.4 Å². The third-order valence-corrected chi connectivity index (χ3v) is 4.29. The van der Waals surface area contributed by atoms with Gasteiger partial charge < -0.3 is 10.2 Å². The second kappa shape index (κ2) is 11.0. The second-order valence-electron chi connectivity index (χ2n) is 6.50. The summed E-state index contributed by atoms with van der Waals surface area (Å²) in [6.07, 6.45) is 7.10. The summed E-state index contributed by atoms with van der Waals surface area (Å²) < 4.78 is 0. The molecule has 1 saturated heterocycles. The Morgan fingerprint density at radius 3 is 2.38 bits per heavy atom. The lowest BCUT2D eigenvalue weighted by Gasteiger charge is -2.29. The zero-order valence-corrected chi connectivity index (χ0v) is 14.4. The van der Waals surface area contributed by atoms with Crippen LogP contribution in [0.1, 0.15) is 52.4 Å². The van der Waals surface area contributed by atoms with E-state index in [1.807, 2.05) is 0 Å². The van der Waals surface area contributed by atoms with Crippen LogP contribution in [0.5, 0.6) is 0 Å². The molecule has 1 fully saturated rings. The maximum absolute atomic E-state index is 12.5. The number of likely N-dealkylation sites (N-methyl/N-ethyl adjacent to an activating group) is 1. The van der Waals surface area contributed by atoms with Crippen molar-refractivity contribution >= 4 is 5.91 Å². The van der Waals surface area contributed by atoms with E-state index >= 15 is 0 Å². The van der Waals surface area contributed by atoms with Crippen molar-refractivity contribution < 1.29 is 4.79 Å². The summed E-state index contributed by atoms with van der Waals surface area (Å²) in [6.45, 7) is 10.1. The molecule has 0 aliphatic carbocycles. The minimum Gasteiger partial charge on any atom is -0.342 e. The maximum atomic E-state index is 12.5. The molecule has 0 aromatic carbocycles. The molecule has 1 atom stereocenters. The minimum absolute atomic E-state index is 0.308. The highest BCUT2D eigenvalue weighted by atomic mass is 16.2. The molecule has 1 rings (SSSR count). The van der Waals surface area contributed by atoms with Crippen molar-refractivity contribution in [2.45, 2.75) is 52.4 Å². The van der Waals surface area contributed by atoms with Gasteiger partial charge in [-0.25, -0.2) is 0 Å². The lowest BCUT2D eigenvalue weighted by molar-refractivity contribution is -0.132. The molecule has 1 N–H and O–H groups in total. The molecule has 1 unspecified atom stereocenters. The summed E-state index contributed by atoms with van der Waals surface area (Å²) in [5.41, 5.74) is 0. The van der Waals surface area contributed by atoms with Crippen LogP contribution < -0.4 is 5.32 Å². The number of carbonyl (C=O) groups excluding carboxylic acids is 1. The number of piperidine rings is 1. The monoisotopic (exact) mass is 297 g/mol. The molecule has 1 aliphatic rings. The van der Waals surface area contributed by atoms with E-state index in [1.165, 1.54) is 12.8 Å². The van der Waals surface area contributed by atoms with Crippen LogP contribution in [0.25, 0.3) is 0 Å². The minimum atomic E-state index is 0.308. The van der Waals surface area contributed by atoms with Gasteiger partial charge in [0.15, 0.2) is 0 Å². The molecular formula is C17H35N3O. The zero-order chi connectivity index (χ0) is 15.5. The van der Waals surface area contributed by atoms with Crippen LogP contribution in [0.15, 0.2) is 0 Å². The Hall–Kier alpha value is -0.610. The molecule has 0 aromatic rings. The van der Waals surface area contributed by atoms with Crippen molar-refractivity contribution in [3.05, 3.63) is 0 Å². The Morgan fingerprint density at radius 2 is 1.86 bits per heavy atom. The fourth-order valence-electron chi connectivity index (χ4n) is 2.98. The fraction of sp³-hybridized carbons (Fsp3) is 0.941. The van der Waals surface area contributed by atoms with Gasteiger partial charge in [0.05, 0.1) is 6.54 Å². The van der Waals surface area contributed by atoms with E-state index in [1.54, 1.807) is 0 Å². The first-order valence-corrected chi connectivity index (χ1v) is 8.84. The molecule has 1 amide bonds. The highest BCUT2D eigenvalue weighted by Crippen LogP contribution is 2.11. The number of hydrogen-bond acceptors (Lipinski definition) is 3. The van der Waals surface area contributed by atoms with E-state index in [0.29, 0.717) is 18.4 Å². The van der Waals surface area contributed by atoms with Crippen LogP contribution in [0, 0.1) is 5.92 Å². The van der Waals surface area contributed by atoms with E-state index in [2.05, 4.69) is 36.0 Å². The number of nitrogens with one attached hydrogen (secondary N) is 1. The van der Waals surface area contributed by atoms with Crippen molar-refractivity contribution in [3.8, 4) is 0 Å². The lowest BCUT2D eigenvalue weighted by atomic mass is 9.99. The first kappa shape index (κ1) is 18.4. The maximum Gasteiger partial charge on any atom is 0.236 e. The van der Waals surface area contributed by atoms with E-state index in [-0.39, 0.29) is 0 Å². The van der Waals surface area contributed by atoms with Gasteiger partial charge in [-0.05, 0) is 51.7 Å². The molecule has 0 saturated carbocycles. The standard InChI is InChI=1S/C17H35N3O/c1-4-6-11-20(12-7-5-2)17(21)15-19(3)14-16-9-8-10-18-13-16/h16,18H,4-15H2,1-3H3. The van der Waals surface area contributed by atoms with Gasteiger partial charge in [0.2, 0.25) is 5.91 Å². The van der Waals surface area contributed by atoms with Gasteiger partial charge in [-0.1, -0.05) is 26.7 Å². The van der Waals surface area contributed by atoms with E-state index < -0.39 is 0 Å². The first-order chi connectivity index (χ1) is 10.2. The number of rotatable bonds is 10. The predicted octanol–water partition coefficient (Wildman–Crippen LogP) is 2.35. The Bertz CT molecular complexity index is 269. The number of nitrogens with zero attached hydrogens (tertiary/aromatic N) is 2. The first-order valence-electron chi connectivity index (χ1n) is 8.84. The van der Waals surface area contributed by atoms with Gasteiger partial charge in [-0.3, -0.25) is 9.69 Å². The quantitative estimate of drug-likeness (QED) is 0.672. The number of hydrogen-bond donors (Lipinski definition) is 1. The molecular weight excluding hydrogens is 262 g/mol. The Morgan fingerprint density at radius 1 is 1.19 bits per heavy atom. The molecule has 1 heterocycles. The molecule has 4 heteroatoms. The third kappa shape index (κ3) is 7.82. The molecule has 1 aliphatic heterocycles. The highest BCUT2D eigenvalue weighted by molar-refractivity contribution is 5.78. The number of unbranched alkanes of at least 4 members (excludes halogenated alkanes) is 2. The summed E-state index contributed by atoms with van der Waals surface area (Å²) in [6, 6.07) is 0. The largest absolute Gasteiger partial charge is 0.342 e. The number of amides is 1. The van der Waals surface area contributed by atoms with Gasteiger partial charge in [-0.2, -0.15) is 0 Å². The topological polar surface area (TPSA) is 35.6 Å².